The number of fused-ring (bicyclic) bond motifs is 4. The fourth-order valence-electron chi connectivity index (χ4n) is 14.2. The van der Waals surface area contributed by atoms with Crippen molar-refractivity contribution in [3.63, 3.8) is 0 Å². The van der Waals surface area contributed by atoms with E-state index in [4.69, 9.17) is 30.2 Å². The first-order chi connectivity index (χ1) is 54.8. The van der Waals surface area contributed by atoms with Crippen LogP contribution in [0.5, 0.6) is 0 Å². The van der Waals surface area contributed by atoms with Crippen molar-refractivity contribution in [2.24, 2.45) is 11.8 Å². The number of carbonyl (C=O) groups excluding carboxylic acids is 2. The molecule has 7 nitrogen and oxygen atoms in total. The van der Waals surface area contributed by atoms with E-state index in [-0.39, 0.29) is 57.5 Å². The van der Waals surface area contributed by atoms with Crippen molar-refractivity contribution in [3.8, 4) is 0 Å². The van der Waals surface area contributed by atoms with Gasteiger partial charge in [-0.15, -0.1) is 0 Å². The van der Waals surface area contributed by atoms with Gasteiger partial charge in [0.15, 0.2) is 17.3 Å². The molecule has 4 atom stereocenters. The van der Waals surface area contributed by atoms with Crippen LogP contribution >= 0.6 is 47.6 Å². The predicted octanol–water partition coefficient (Wildman–Crippen LogP) is 20.2. The quantitative estimate of drug-likeness (QED) is 0.0716. The average molecular weight is 1750 g/mol. The molecule has 0 saturated heterocycles. The molecule has 14 aromatic rings. The summed E-state index contributed by atoms with van der Waals surface area (Å²) in [6.07, 6.45) is 6.54. The van der Waals surface area contributed by atoms with Gasteiger partial charge in [0.1, 0.15) is 0 Å². The third-order valence-electron chi connectivity index (χ3n) is 19.2. The molecule has 18 rings (SSSR count). The summed E-state index contributed by atoms with van der Waals surface area (Å²) in [7, 11) is -1.78. The first-order valence-corrected chi connectivity index (χ1v) is 43.2. The number of hydrogen-bond acceptors (Lipinski definition) is 6. The van der Waals surface area contributed by atoms with Crippen molar-refractivity contribution < 1.29 is 49.5 Å². The minimum atomic E-state index is -0.446. The Morgan fingerprint density at radius 2 is 0.487 bits per heavy atom. The number of anilines is 2. The Hall–Kier alpha value is -10.0. The molecule has 0 spiro atoms. The van der Waals surface area contributed by atoms with Crippen LogP contribution in [0, 0.1) is 42.1 Å². The second-order valence-electron chi connectivity index (χ2n) is 26.2. The Morgan fingerprint density at radius 1 is 0.292 bits per heavy atom. The molecule has 0 radical (unpaired) electrons. The second kappa shape index (κ2) is 46.8. The van der Waals surface area contributed by atoms with Gasteiger partial charge in [-0.05, 0) is 151 Å². The fraction of sp³-hybridized carbons (Fsp3) is 0.101. The molecule has 0 bridgehead atoms. The number of halogens is 1. The van der Waals surface area contributed by atoms with E-state index in [2.05, 4.69) is 395 Å². The van der Waals surface area contributed by atoms with Crippen molar-refractivity contribution in [2.45, 2.75) is 50.6 Å². The Balaban J connectivity index is 0.000000154. The normalized spacial score (nSPS) is 14.7. The van der Waals surface area contributed by atoms with Gasteiger partial charge in [0.05, 0.1) is 6.57 Å². The molecule has 2 heterocycles. The molecule has 2 aliphatic heterocycles. The van der Waals surface area contributed by atoms with Gasteiger partial charge in [-0.3, -0.25) is 9.59 Å². The summed E-state index contributed by atoms with van der Waals surface area (Å²) in [4.78, 5) is 27.8. The maximum Gasteiger partial charge on any atom is 2.00 e. The SMILES string of the molecule is O=C1c2cc(Br)ccc2NC2CCCC12.[C-]#N.[C-]#N.[C-]#[N+]c1ccc2c(c1)C(=O)C1CCCC1N2.[Pd].[Zn+2].c1ccc(P(c2ccccc2)c2ccccc2)cc1.c1ccc(P(c2ccccc2)c2ccccc2)cc1.c1ccc(P(c2ccccc2)c2ccccc2)cc1.c1ccc(P(c2ccccc2)c2ccccc2)cc1. The Bertz CT molecular complexity index is 4360. The van der Waals surface area contributed by atoms with Gasteiger partial charge in [0, 0.05) is 71.3 Å². The molecule has 14 heteroatoms. The number of nitrogens with one attached hydrogen (secondary N) is 2. The van der Waals surface area contributed by atoms with Crippen LogP contribution in [0.25, 0.3) is 4.85 Å². The molecule has 2 fully saturated rings. The van der Waals surface area contributed by atoms with Crippen LogP contribution in [0.15, 0.2) is 405 Å². The first-order valence-electron chi connectivity index (χ1n) is 37.0. The summed E-state index contributed by atoms with van der Waals surface area (Å²) in [5.41, 5.74) is 4.02. The number of hydrogen-bond donors (Lipinski definition) is 2. The van der Waals surface area contributed by atoms with Crippen molar-refractivity contribution >= 4 is 140 Å². The number of Topliss-reactive ketones (excluding diaryl/α,β-unsaturated/α-hetero) is 2. The van der Waals surface area contributed by atoms with Gasteiger partial charge in [0.25, 0.3) is 0 Å². The summed E-state index contributed by atoms with van der Waals surface area (Å²) < 4.78 is 0.979. The minimum absolute atomic E-state index is 0. The Labute approximate surface area is 707 Å². The van der Waals surface area contributed by atoms with Crippen LogP contribution in [-0.2, 0) is 39.9 Å². The molecule has 4 unspecified atom stereocenters. The van der Waals surface area contributed by atoms with E-state index in [0.29, 0.717) is 29.1 Å². The Kier molecular flexibility index (Phi) is 36.0. The van der Waals surface area contributed by atoms with E-state index in [1.54, 1.807) is 12.1 Å². The Morgan fingerprint density at radius 3 is 0.690 bits per heavy atom. The van der Waals surface area contributed by atoms with Gasteiger partial charge < -0.3 is 34.3 Å². The molecule has 2 saturated carbocycles. The smallest absolute Gasteiger partial charge is 0.512 e. The van der Waals surface area contributed by atoms with E-state index < -0.39 is 31.7 Å². The number of rotatable bonds is 12. The maximum atomic E-state index is 12.2. The van der Waals surface area contributed by atoms with Gasteiger partial charge in [-0.25, -0.2) is 4.85 Å². The number of ketones is 2. The van der Waals surface area contributed by atoms with Crippen LogP contribution in [0.3, 0.4) is 0 Å². The summed E-state index contributed by atoms with van der Waals surface area (Å²) in [6.45, 7) is 16.5. The zero-order valence-electron chi connectivity index (χ0n) is 62.5. The maximum absolute atomic E-state index is 12.2. The predicted molar refractivity (Wildman–Crippen MR) is 476 cm³/mol. The zero-order chi connectivity index (χ0) is 77.2. The third kappa shape index (κ3) is 24.0. The van der Waals surface area contributed by atoms with Gasteiger partial charge in [0.2, 0.25) is 0 Å². The molecule has 14 aromatic carbocycles. The van der Waals surface area contributed by atoms with Gasteiger partial charge in [-0.1, -0.05) is 399 Å². The largest absolute Gasteiger partial charge is 2.00 e. The molecular formula is C99H84BrN5O2P4PdZn. The van der Waals surface area contributed by atoms with Crippen molar-refractivity contribution in [2.75, 3.05) is 10.6 Å². The first kappa shape index (κ1) is 87.0. The van der Waals surface area contributed by atoms with E-state index in [1.165, 1.54) is 70.1 Å². The number of nitrogens with zero attached hydrogens (tertiary/aromatic N) is 3. The van der Waals surface area contributed by atoms with Crippen molar-refractivity contribution in [1.29, 1.82) is 10.5 Å². The summed E-state index contributed by atoms with van der Waals surface area (Å²) in [6, 6.07) is 141. The van der Waals surface area contributed by atoms with Crippen LogP contribution in [0.4, 0.5) is 17.1 Å². The van der Waals surface area contributed by atoms with E-state index in [0.717, 1.165) is 53.5 Å². The zero-order valence-corrected chi connectivity index (χ0v) is 72.2. The molecule has 556 valence electrons. The number of carbonyl (C=O) groups is 2. The summed E-state index contributed by atoms with van der Waals surface area (Å²) in [5.74, 6) is 0.898. The molecular weight excluding hydrogens is 1670 g/mol. The number of benzene rings is 14. The molecule has 4 aliphatic rings. The van der Waals surface area contributed by atoms with E-state index >= 15 is 0 Å². The summed E-state index contributed by atoms with van der Waals surface area (Å²) >= 11 is 3.41. The molecule has 2 aliphatic carbocycles. The third-order valence-corrected chi connectivity index (χ3v) is 29.5. The fourth-order valence-corrected chi connectivity index (χ4v) is 23.8. The van der Waals surface area contributed by atoms with Crippen LogP contribution in [0.1, 0.15) is 59.2 Å². The minimum Gasteiger partial charge on any atom is -0.512 e. The van der Waals surface area contributed by atoms with Crippen molar-refractivity contribution in [1.82, 2.24) is 0 Å². The second-order valence-corrected chi connectivity index (χ2v) is 36.0. The average Bonchev–Trinajstić information content (AvgIpc) is 1.72. The molecule has 113 heavy (non-hydrogen) atoms. The van der Waals surface area contributed by atoms with Crippen LogP contribution in [-0.4, -0.2) is 23.7 Å². The van der Waals surface area contributed by atoms with Crippen LogP contribution < -0.4 is 74.3 Å². The summed E-state index contributed by atoms with van der Waals surface area (Å²) in [5, 5.41) is 36.2. The topological polar surface area (TPSA) is 110 Å². The van der Waals surface area contributed by atoms with Crippen molar-refractivity contribution in [3.05, 3.63) is 441 Å². The molecule has 0 aromatic heterocycles. The van der Waals surface area contributed by atoms with Crippen LogP contribution in [0.2, 0.25) is 0 Å². The van der Waals surface area contributed by atoms with Gasteiger partial charge in [-0.2, -0.15) is 0 Å². The molecule has 2 N–H and O–H groups in total. The monoisotopic (exact) mass is 1750 g/mol. The van der Waals surface area contributed by atoms with E-state index in [9.17, 15) is 9.59 Å². The van der Waals surface area contributed by atoms with Gasteiger partial charge >= 0.3 is 19.5 Å². The van der Waals surface area contributed by atoms with E-state index in [1.807, 2.05) is 24.3 Å². The standard InChI is InChI=1S/4C18H15P.C13H12N2O.C12H12BrNO.2CN.Pd.Zn/c4*1-4-10-16(11-5-1)19(17-12-6-2-7-13-17)18-14-8-3-9-15-18;1-14-8-5-6-12-10(7-8)13(16)9-3-2-4-11(9)15-12;13-7-4-5-11-9(6-7)12(15)8-2-1-3-10(8)14-11;2*1-2;;/h4*1-15H;5-7,9,11,15H,2-4H2;4-6,8,10,14H,1-3H2;;;;/q;;;;;;2*-1;;+2. The molecule has 0 amide bonds.